The van der Waals surface area contributed by atoms with Crippen molar-refractivity contribution < 1.29 is 29.3 Å². The molecule has 0 spiro atoms. The van der Waals surface area contributed by atoms with Crippen LogP contribution in [-0.2, 0) is 14.9 Å². The maximum atomic E-state index is 14.0. The standard InChI is InChI=1S/C41H49N5O7S/c1-2-45(20-6-19-42-25-32(48)29-9-11-31(47)37-30(29)10-14-36(49)43-37)38(50)34-12-13-35(54-34)39(51)46-23-17-41(18-24-46,28-7-4-3-5-8-28)40(52)53-33-26-44-21-15-27(33)16-22-44/h3-5,7-14,27,32-33,42,47-48H,2,6,15-26H2,1H3,(H,43,49). The highest BCUT2D eigenvalue weighted by Crippen LogP contribution is 2.40. The summed E-state index contributed by atoms with van der Waals surface area (Å²) in [7, 11) is 0. The van der Waals surface area contributed by atoms with Crippen molar-refractivity contribution in [2.75, 3.05) is 58.9 Å². The molecule has 0 saturated carbocycles. The minimum absolute atomic E-state index is 0.0620. The summed E-state index contributed by atoms with van der Waals surface area (Å²) in [5.74, 6) is -0.0985. The third kappa shape index (κ3) is 7.81. The van der Waals surface area contributed by atoms with Crippen molar-refractivity contribution in [2.45, 2.75) is 56.7 Å². The summed E-state index contributed by atoms with van der Waals surface area (Å²) >= 11 is 1.20. The van der Waals surface area contributed by atoms with Crippen LogP contribution in [-0.4, -0.2) is 113 Å². The number of aliphatic hydroxyl groups is 1. The number of aliphatic hydroxyl groups excluding tert-OH is 1. The van der Waals surface area contributed by atoms with E-state index in [4.69, 9.17) is 4.74 Å². The van der Waals surface area contributed by atoms with Crippen molar-refractivity contribution in [1.82, 2.24) is 25.0 Å². The number of likely N-dealkylation sites (tertiary alicyclic amines) is 1. The van der Waals surface area contributed by atoms with Gasteiger partial charge >= 0.3 is 5.97 Å². The van der Waals surface area contributed by atoms with Gasteiger partial charge in [0.05, 0.1) is 26.8 Å². The van der Waals surface area contributed by atoms with E-state index in [1.807, 2.05) is 37.3 Å². The first-order valence-electron chi connectivity index (χ1n) is 19.1. The maximum Gasteiger partial charge on any atom is 0.317 e. The Kier molecular flexibility index (Phi) is 11.5. The zero-order chi connectivity index (χ0) is 37.8. The number of H-pyrrole nitrogens is 1. The van der Waals surface area contributed by atoms with Crippen LogP contribution in [0.5, 0.6) is 5.75 Å². The van der Waals surface area contributed by atoms with E-state index in [2.05, 4.69) is 15.2 Å². The summed E-state index contributed by atoms with van der Waals surface area (Å²) in [4.78, 5) is 62.5. The molecule has 2 amide bonds. The summed E-state index contributed by atoms with van der Waals surface area (Å²) in [5.41, 5.74) is 0.656. The predicted octanol–water partition coefficient (Wildman–Crippen LogP) is 4.28. The van der Waals surface area contributed by atoms with Gasteiger partial charge in [-0.15, -0.1) is 11.3 Å². The van der Waals surface area contributed by atoms with Crippen LogP contribution in [0.2, 0.25) is 0 Å². The van der Waals surface area contributed by atoms with E-state index in [1.165, 1.54) is 23.5 Å². The summed E-state index contributed by atoms with van der Waals surface area (Å²) in [6.07, 6.45) is 2.77. The van der Waals surface area contributed by atoms with Crippen LogP contribution in [0.25, 0.3) is 10.9 Å². The molecule has 8 rings (SSSR count). The molecule has 4 saturated heterocycles. The molecule has 13 heteroatoms. The number of nitrogens with zero attached hydrogens (tertiary/aromatic N) is 3. The van der Waals surface area contributed by atoms with Crippen LogP contribution < -0.4 is 10.9 Å². The molecule has 4 aliphatic rings. The Hall–Kier alpha value is -4.56. The molecule has 0 radical (unpaired) electrons. The number of piperidine rings is 4. The second kappa shape index (κ2) is 16.4. The number of ether oxygens (including phenoxy) is 1. The van der Waals surface area contributed by atoms with E-state index in [1.54, 1.807) is 34.1 Å². The normalized spacial score (nSPS) is 21.1. The van der Waals surface area contributed by atoms with Crippen molar-refractivity contribution in [2.24, 2.45) is 5.92 Å². The van der Waals surface area contributed by atoms with Crippen molar-refractivity contribution in [3.8, 4) is 5.75 Å². The van der Waals surface area contributed by atoms with Gasteiger partial charge in [0.1, 0.15) is 11.9 Å². The number of carbonyl (C=O) groups excluding carboxylic acids is 3. The first-order chi connectivity index (χ1) is 26.2. The van der Waals surface area contributed by atoms with E-state index < -0.39 is 11.5 Å². The second-order valence-electron chi connectivity index (χ2n) is 14.7. The molecule has 12 nitrogen and oxygen atoms in total. The number of fused-ring (bicyclic) bond motifs is 4. The van der Waals surface area contributed by atoms with E-state index in [0.717, 1.165) is 38.0 Å². The average Bonchev–Trinajstić information content (AvgIpc) is 3.70. The molecule has 4 aromatic rings. The largest absolute Gasteiger partial charge is 0.506 e. The van der Waals surface area contributed by atoms with Gasteiger partial charge in [-0.2, -0.15) is 0 Å². The first kappa shape index (κ1) is 37.7. The number of benzene rings is 2. The van der Waals surface area contributed by atoms with Gasteiger partial charge in [0.25, 0.3) is 11.8 Å². The van der Waals surface area contributed by atoms with Crippen LogP contribution >= 0.6 is 11.3 Å². The number of hydrogen-bond donors (Lipinski definition) is 4. The molecule has 0 aliphatic carbocycles. The minimum Gasteiger partial charge on any atom is -0.506 e. The number of amides is 2. The van der Waals surface area contributed by atoms with Gasteiger partial charge in [-0.3, -0.25) is 24.1 Å². The average molecular weight is 756 g/mol. The lowest BCUT2D eigenvalue weighted by molar-refractivity contribution is -0.167. The molecule has 2 aromatic carbocycles. The van der Waals surface area contributed by atoms with Crippen molar-refractivity contribution in [3.05, 3.63) is 98.0 Å². The molecule has 286 valence electrons. The monoisotopic (exact) mass is 755 g/mol. The lowest BCUT2D eigenvalue weighted by Crippen LogP contribution is -2.55. The highest BCUT2D eigenvalue weighted by molar-refractivity contribution is 7.15. The lowest BCUT2D eigenvalue weighted by Gasteiger charge is -2.46. The summed E-state index contributed by atoms with van der Waals surface area (Å²) < 4.78 is 6.30. The SMILES string of the molecule is CCN(CCCNCC(O)c1ccc(O)c2[nH]c(=O)ccc12)C(=O)c1ccc(C(=O)N2CCC(C(=O)OC3CN4CCC3CC4)(c3ccccc3)CC2)s1. The summed E-state index contributed by atoms with van der Waals surface area (Å²) in [5, 5.41) is 24.8. The number of pyridine rings is 1. The minimum atomic E-state index is -0.872. The Morgan fingerprint density at radius 2 is 1.74 bits per heavy atom. The van der Waals surface area contributed by atoms with Crippen molar-refractivity contribution in [3.63, 3.8) is 0 Å². The number of esters is 1. The number of phenolic OH excluding ortho intramolecular Hbond substituents is 1. The summed E-state index contributed by atoms with van der Waals surface area (Å²) in [6, 6.07) is 19.3. The van der Waals surface area contributed by atoms with Crippen molar-refractivity contribution >= 4 is 40.0 Å². The molecule has 2 aromatic heterocycles. The summed E-state index contributed by atoms with van der Waals surface area (Å²) in [6.45, 7) is 7.49. The number of aromatic amines is 1. The predicted molar refractivity (Wildman–Crippen MR) is 207 cm³/mol. The Labute approximate surface area is 318 Å². The number of rotatable bonds is 13. The molecule has 54 heavy (non-hydrogen) atoms. The fourth-order valence-corrected chi connectivity index (χ4v) is 9.27. The van der Waals surface area contributed by atoms with E-state index in [9.17, 15) is 29.4 Å². The number of phenols is 1. The van der Waals surface area contributed by atoms with Crippen LogP contribution in [0.15, 0.2) is 71.5 Å². The number of aromatic nitrogens is 1. The van der Waals surface area contributed by atoms with Gasteiger partial charge in [0, 0.05) is 50.7 Å². The Morgan fingerprint density at radius 1 is 1.00 bits per heavy atom. The van der Waals surface area contributed by atoms with Crippen LogP contribution in [0.1, 0.15) is 75.6 Å². The third-order valence-corrected chi connectivity index (χ3v) is 12.6. The Bertz CT molecular complexity index is 2020. The number of thiophene rings is 1. The molecule has 4 aliphatic heterocycles. The number of hydrogen-bond acceptors (Lipinski definition) is 10. The fraction of sp³-hybridized carbons (Fsp3) is 0.463. The second-order valence-corrected chi connectivity index (χ2v) is 15.8. The molecule has 2 atom stereocenters. The van der Waals surface area contributed by atoms with Crippen LogP contribution in [0, 0.1) is 5.92 Å². The highest BCUT2D eigenvalue weighted by atomic mass is 32.1. The fourth-order valence-electron chi connectivity index (χ4n) is 8.33. The van der Waals surface area contributed by atoms with E-state index in [0.29, 0.717) is 78.6 Å². The highest BCUT2D eigenvalue weighted by Gasteiger charge is 2.47. The number of aromatic hydroxyl groups is 1. The molecule has 6 heterocycles. The van der Waals surface area contributed by atoms with Gasteiger partial charge < -0.3 is 35.1 Å². The molecule has 2 unspecified atom stereocenters. The molecule has 2 bridgehead atoms. The third-order valence-electron chi connectivity index (χ3n) is 11.6. The van der Waals surface area contributed by atoms with Gasteiger partial charge in [0.15, 0.2) is 0 Å². The van der Waals surface area contributed by atoms with E-state index >= 15 is 0 Å². The van der Waals surface area contributed by atoms with Gasteiger partial charge in [-0.25, -0.2) is 0 Å². The van der Waals surface area contributed by atoms with E-state index in [-0.39, 0.29) is 47.3 Å². The van der Waals surface area contributed by atoms with Crippen LogP contribution in [0.3, 0.4) is 0 Å². The van der Waals surface area contributed by atoms with Gasteiger partial charge in [0.2, 0.25) is 5.56 Å². The lowest BCUT2D eigenvalue weighted by atomic mass is 9.72. The zero-order valence-electron chi connectivity index (χ0n) is 30.7. The maximum absolute atomic E-state index is 14.0. The molecule has 4 N–H and O–H groups in total. The Balaban J connectivity index is 0.913. The quantitative estimate of drug-likeness (QED) is 0.116. The van der Waals surface area contributed by atoms with Crippen LogP contribution in [0.4, 0.5) is 0 Å². The van der Waals surface area contributed by atoms with Gasteiger partial charge in [-0.05, 0) is 100.0 Å². The Morgan fingerprint density at radius 3 is 2.44 bits per heavy atom. The molecular formula is C41H49N5O7S. The van der Waals surface area contributed by atoms with Crippen molar-refractivity contribution in [1.29, 1.82) is 0 Å². The molecular weight excluding hydrogens is 707 g/mol. The number of nitrogens with one attached hydrogen (secondary N) is 2. The topological polar surface area (TPSA) is 156 Å². The molecule has 4 fully saturated rings. The smallest absolute Gasteiger partial charge is 0.317 e. The first-order valence-corrected chi connectivity index (χ1v) is 19.9. The zero-order valence-corrected chi connectivity index (χ0v) is 31.5. The number of carbonyl (C=O) groups is 3. The van der Waals surface area contributed by atoms with Gasteiger partial charge in [-0.1, -0.05) is 36.4 Å².